The molecule has 1 aromatic carbocycles. The van der Waals surface area contributed by atoms with Crippen molar-refractivity contribution in [3.05, 3.63) is 70.7 Å². The van der Waals surface area contributed by atoms with Gasteiger partial charge in [-0.1, -0.05) is 6.07 Å². The zero-order valence-electron chi connectivity index (χ0n) is 23.8. The molecule has 1 fully saturated rings. The quantitative estimate of drug-likeness (QED) is 0.318. The minimum absolute atomic E-state index is 0.105. The second-order valence-electron chi connectivity index (χ2n) is 8.98. The molecule has 0 N–H and O–H groups in total. The number of likely N-dealkylation sites (tertiary alicyclic amines) is 1. The van der Waals surface area contributed by atoms with Crippen LogP contribution in [0.3, 0.4) is 0 Å². The number of carbonyl (C=O) groups excluding carboxylic acids is 1. The lowest BCUT2D eigenvalue weighted by Crippen LogP contribution is -2.39. The number of hydrogen-bond donors (Lipinski definition) is 0. The van der Waals surface area contributed by atoms with E-state index >= 15 is 0 Å². The molecule has 4 heterocycles. The normalized spacial score (nSPS) is 16.5. The predicted octanol–water partition coefficient (Wildman–Crippen LogP) is 4.85. The van der Waals surface area contributed by atoms with Crippen LogP contribution in [0.25, 0.3) is 23.0 Å². The summed E-state index contributed by atoms with van der Waals surface area (Å²) >= 11 is 0. The molecule has 208 valence electrons. The van der Waals surface area contributed by atoms with Crippen LogP contribution in [0.5, 0.6) is 0 Å². The summed E-state index contributed by atoms with van der Waals surface area (Å²) in [6.45, 7) is 0.241. The molecule has 1 unspecified atom stereocenters. The third-order valence-electron chi connectivity index (χ3n) is 6.36. The summed E-state index contributed by atoms with van der Waals surface area (Å²) in [4.78, 5) is 29.6. The minimum atomic E-state index is -4.80. The number of rotatable bonds is 5. The molecule has 1 aliphatic heterocycles. The van der Waals surface area contributed by atoms with Crippen LogP contribution in [-0.2, 0) is 17.4 Å². The molecule has 5 rings (SSSR count). The van der Waals surface area contributed by atoms with Gasteiger partial charge >= 0.3 is 6.18 Å². The first-order valence-electron chi connectivity index (χ1n) is 13.7. The van der Waals surface area contributed by atoms with Crippen LogP contribution in [0.2, 0.25) is 0 Å². The van der Waals surface area contributed by atoms with Crippen molar-refractivity contribution in [3.63, 3.8) is 0 Å². The molecular formula is C26H22F5N7O2. The average Bonchev–Trinajstić information content (AvgIpc) is 3.46. The van der Waals surface area contributed by atoms with E-state index in [1.165, 1.54) is 11.0 Å². The van der Waals surface area contributed by atoms with Gasteiger partial charge in [0, 0.05) is 34.9 Å². The number of benzene rings is 1. The minimum Gasteiger partial charge on any atom is -0.414 e. The Kier molecular flexibility index (Phi) is 6.27. The van der Waals surface area contributed by atoms with Crippen LogP contribution in [0.15, 0.2) is 34.9 Å². The van der Waals surface area contributed by atoms with E-state index in [1.807, 2.05) is 0 Å². The van der Waals surface area contributed by atoms with Gasteiger partial charge in [-0.2, -0.15) is 13.2 Å². The monoisotopic (exact) mass is 562 g/mol. The number of aromatic nitrogens is 6. The fraction of sp³-hybridized carbons (Fsp3) is 0.346. The van der Waals surface area contributed by atoms with Crippen molar-refractivity contribution in [2.24, 2.45) is 0 Å². The molecule has 4 aromatic rings. The standard InChI is InChI=1S/C26H22F5N7O2/c1-13-21(24-37-36-23(40-24)19-6-9-32-25(35-19)26(29,30)31)22(34-14(2)33-13)15-7-10-38(11-8-15)20(39)12-16-17(27)4-3-5-18(16)28/h3-6,9,15H,7-8,10-12H2,1-2H3/i2D2,12D. The van der Waals surface area contributed by atoms with Gasteiger partial charge in [0.25, 0.3) is 11.8 Å². The third-order valence-corrected chi connectivity index (χ3v) is 6.36. The summed E-state index contributed by atoms with van der Waals surface area (Å²) in [5, 5.41) is 7.80. The SMILES string of the molecule is [2H]C([2H])c1nc(C)c(-c2nnc(-c3ccnc(C(F)(F)F)n3)o2)c(C2CCN(C(=O)C([2H])c3c(F)cccc3F)CC2)n1. The molecule has 3 aromatic heterocycles. The molecular weight excluding hydrogens is 537 g/mol. The van der Waals surface area contributed by atoms with E-state index in [1.54, 1.807) is 6.92 Å². The van der Waals surface area contributed by atoms with Gasteiger partial charge in [-0.05, 0) is 44.8 Å². The Balaban J connectivity index is 1.42. The van der Waals surface area contributed by atoms with E-state index in [4.69, 9.17) is 8.53 Å². The number of nitrogens with zero attached hydrogens (tertiary/aromatic N) is 7. The van der Waals surface area contributed by atoms with Crippen molar-refractivity contribution in [2.45, 2.75) is 45.1 Å². The van der Waals surface area contributed by atoms with E-state index in [2.05, 4.69) is 30.1 Å². The van der Waals surface area contributed by atoms with Crippen LogP contribution >= 0.6 is 0 Å². The molecule has 1 saturated heterocycles. The maximum absolute atomic E-state index is 14.2. The average molecular weight is 563 g/mol. The summed E-state index contributed by atoms with van der Waals surface area (Å²) < 4.78 is 97.1. The second kappa shape index (κ2) is 10.7. The summed E-state index contributed by atoms with van der Waals surface area (Å²) in [7, 11) is 0. The van der Waals surface area contributed by atoms with E-state index < -0.39 is 48.4 Å². The van der Waals surface area contributed by atoms with Gasteiger partial charge in [-0.25, -0.2) is 28.7 Å². The number of piperidine rings is 1. The highest BCUT2D eigenvalue weighted by atomic mass is 19.4. The van der Waals surface area contributed by atoms with Crippen LogP contribution in [-0.4, -0.2) is 54.0 Å². The largest absolute Gasteiger partial charge is 0.451 e. The Labute approximate surface area is 228 Å². The Morgan fingerprint density at radius 3 is 2.48 bits per heavy atom. The van der Waals surface area contributed by atoms with Crippen LogP contribution in [0.1, 0.15) is 51.5 Å². The first-order chi connectivity index (χ1) is 20.3. The molecule has 0 aliphatic carbocycles. The highest BCUT2D eigenvalue weighted by Gasteiger charge is 2.35. The maximum atomic E-state index is 14.2. The van der Waals surface area contributed by atoms with E-state index in [0.717, 1.165) is 24.4 Å². The molecule has 1 amide bonds. The lowest BCUT2D eigenvalue weighted by molar-refractivity contribution is -0.144. The summed E-state index contributed by atoms with van der Waals surface area (Å²) in [6, 6.07) is 4.27. The van der Waals surface area contributed by atoms with Gasteiger partial charge in [0.05, 0.1) is 23.3 Å². The number of aryl methyl sites for hydroxylation is 2. The number of amides is 1. The summed E-state index contributed by atoms with van der Waals surface area (Å²) in [6.07, 6.45) is -5.13. The van der Waals surface area contributed by atoms with Gasteiger partial charge in [-0.15, -0.1) is 10.2 Å². The molecule has 9 nitrogen and oxygen atoms in total. The first-order valence-corrected chi connectivity index (χ1v) is 12.0. The number of halogens is 5. The van der Waals surface area contributed by atoms with Gasteiger partial charge in [0.1, 0.15) is 23.2 Å². The van der Waals surface area contributed by atoms with Crippen LogP contribution < -0.4 is 0 Å². The molecule has 0 radical (unpaired) electrons. The zero-order valence-corrected chi connectivity index (χ0v) is 20.8. The first kappa shape index (κ1) is 23.5. The van der Waals surface area contributed by atoms with E-state index in [-0.39, 0.29) is 66.4 Å². The van der Waals surface area contributed by atoms with Crippen molar-refractivity contribution in [1.29, 1.82) is 0 Å². The zero-order chi connectivity index (χ0) is 31.1. The molecule has 0 bridgehead atoms. The number of hydrogen-bond acceptors (Lipinski definition) is 8. The highest BCUT2D eigenvalue weighted by molar-refractivity contribution is 5.79. The Bertz CT molecular complexity index is 1640. The molecule has 0 saturated carbocycles. The molecule has 40 heavy (non-hydrogen) atoms. The van der Waals surface area contributed by atoms with Crippen LogP contribution in [0, 0.1) is 25.4 Å². The fourth-order valence-electron chi connectivity index (χ4n) is 4.46. The van der Waals surface area contributed by atoms with Crippen LogP contribution in [0.4, 0.5) is 22.0 Å². The smallest absolute Gasteiger partial charge is 0.414 e. The highest BCUT2D eigenvalue weighted by Crippen LogP contribution is 2.36. The van der Waals surface area contributed by atoms with Crippen molar-refractivity contribution in [1.82, 2.24) is 35.0 Å². The Morgan fingerprint density at radius 2 is 1.80 bits per heavy atom. The topological polar surface area (TPSA) is 111 Å². The van der Waals surface area contributed by atoms with E-state index in [9.17, 15) is 26.7 Å². The van der Waals surface area contributed by atoms with Crippen molar-refractivity contribution in [2.75, 3.05) is 13.1 Å². The number of alkyl halides is 3. The molecule has 14 heteroatoms. The molecule has 0 spiro atoms. The summed E-state index contributed by atoms with van der Waals surface area (Å²) in [5.74, 6) is -5.10. The lowest BCUT2D eigenvalue weighted by atomic mass is 9.89. The van der Waals surface area contributed by atoms with Gasteiger partial charge in [-0.3, -0.25) is 4.79 Å². The second-order valence-corrected chi connectivity index (χ2v) is 8.98. The van der Waals surface area contributed by atoms with Crippen molar-refractivity contribution >= 4 is 5.91 Å². The molecule has 1 atom stereocenters. The number of carbonyl (C=O) groups is 1. The lowest BCUT2D eigenvalue weighted by Gasteiger charge is -2.32. The van der Waals surface area contributed by atoms with Gasteiger partial charge < -0.3 is 9.32 Å². The molecule has 1 aliphatic rings. The van der Waals surface area contributed by atoms with Gasteiger partial charge in [0.2, 0.25) is 11.7 Å². The Hall–Kier alpha value is -4.36. The van der Waals surface area contributed by atoms with E-state index in [0.29, 0.717) is 5.69 Å². The Morgan fingerprint density at radius 1 is 1.10 bits per heavy atom. The fourth-order valence-corrected chi connectivity index (χ4v) is 4.46. The van der Waals surface area contributed by atoms with Crippen molar-refractivity contribution < 1.29 is 35.3 Å². The van der Waals surface area contributed by atoms with Gasteiger partial charge in [0.15, 0.2) is 0 Å². The predicted molar refractivity (Wildman–Crippen MR) is 129 cm³/mol. The van der Waals surface area contributed by atoms with Crippen molar-refractivity contribution in [3.8, 4) is 23.0 Å². The maximum Gasteiger partial charge on any atom is 0.451 e. The summed E-state index contributed by atoms with van der Waals surface area (Å²) in [5.41, 5.74) is -0.0418. The third kappa shape index (κ3) is 5.51.